The maximum atomic E-state index is 12.9. The monoisotopic (exact) mass is 487 g/mol. The van der Waals surface area contributed by atoms with Crippen molar-refractivity contribution in [2.24, 2.45) is 11.8 Å². The number of hydrogen-bond acceptors (Lipinski definition) is 5. The third-order valence-corrected chi connectivity index (χ3v) is 9.62. The molecule has 0 unspecified atom stereocenters. The molecule has 10 heteroatoms. The molecule has 3 fully saturated rings. The van der Waals surface area contributed by atoms with Crippen LogP contribution in [0.25, 0.3) is 5.52 Å². The average Bonchev–Trinajstić information content (AvgIpc) is 3.23. The Kier molecular flexibility index (Phi) is 6.61. The molecular weight excluding hydrogens is 454 g/mol. The number of rotatable bonds is 6. The Morgan fingerprint density at radius 2 is 1.76 bits per heavy atom. The molecule has 9 nitrogen and oxygen atoms in total. The van der Waals surface area contributed by atoms with E-state index in [0.717, 1.165) is 56.0 Å². The van der Waals surface area contributed by atoms with Gasteiger partial charge in [0.25, 0.3) is 0 Å². The minimum Gasteiger partial charge on any atom is -0.290 e. The van der Waals surface area contributed by atoms with Gasteiger partial charge in [0.1, 0.15) is 0 Å². The second kappa shape index (κ2) is 9.65. The first-order chi connectivity index (χ1) is 16.4. The maximum absolute atomic E-state index is 12.9. The van der Waals surface area contributed by atoms with Crippen LogP contribution in [-0.4, -0.2) is 59.7 Å². The van der Waals surface area contributed by atoms with Crippen molar-refractivity contribution in [2.75, 3.05) is 30.3 Å². The lowest BCUT2D eigenvalue weighted by atomic mass is 9.91. The van der Waals surface area contributed by atoms with E-state index in [4.69, 9.17) is 0 Å². The zero-order valence-electron chi connectivity index (χ0n) is 19.5. The molecule has 184 valence electrons. The first-order valence-electron chi connectivity index (χ1n) is 12.4. The number of carbonyl (C=O) groups excluding carboxylic acids is 2. The summed E-state index contributed by atoms with van der Waals surface area (Å²) in [6.07, 6.45) is 12.0. The van der Waals surface area contributed by atoms with Crippen LogP contribution in [0.3, 0.4) is 0 Å². The fraction of sp³-hybridized carbons (Fsp3) is 0.625. The molecule has 4 heterocycles. The molecule has 0 aromatic carbocycles. The van der Waals surface area contributed by atoms with Crippen LogP contribution in [-0.2, 0) is 21.2 Å². The quantitative estimate of drug-likeness (QED) is 0.675. The third kappa shape index (κ3) is 4.98. The Morgan fingerprint density at radius 1 is 1.00 bits per heavy atom. The van der Waals surface area contributed by atoms with Gasteiger partial charge < -0.3 is 0 Å². The van der Waals surface area contributed by atoms with E-state index in [1.165, 1.54) is 6.42 Å². The fourth-order valence-corrected chi connectivity index (χ4v) is 7.53. The van der Waals surface area contributed by atoms with E-state index >= 15 is 0 Å². The highest BCUT2D eigenvalue weighted by Gasteiger charge is 2.31. The smallest absolute Gasteiger partial charge is 0.290 e. The maximum Gasteiger partial charge on any atom is 0.328 e. The molecule has 2 aromatic rings. The number of amides is 3. The van der Waals surface area contributed by atoms with E-state index in [2.05, 4.69) is 16.5 Å². The van der Waals surface area contributed by atoms with Crippen LogP contribution in [0.2, 0.25) is 0 Å². The molecule has 0 spiro atoms. The van der Waals surface area contributed by atoms with Crippen molar-refractivity contribution in [3.8, 4) is 0 Å². The molecule has 2 aromatic heterocycles. The molecule has 5 rings (SSSR count). The van der Waals surface area contributed by atoms with Gasteiger partial charge >= 0.3 is 6.03 Å². The summed E-state index contributed by atoms with van der Waals surface area (Å²) in [6, 6.07) is 3.67. The van der Waals surface area contributed by atoms with E-state index in [1.54, 1.807) is 19.9 Å². The molecule has 0 radical (unpaired) electrons. The second-order valence-electron chi connectivity index (χ2n) is 9.98. The number of anilines is 1. The van der Waals surface area contributed by atoms with E-state index in [9.17, 15) is 18.0 Å². The van der Waals surface area contributed by atoms with Gasteiger partial charge in [0.2, 0.25) is 15.9 Å². The van der Waals surface area contributed by atoms with Crippen molar-refractivity contribution in [3.63, 3.8) is 0 Å². The van der Waals surface area contributed by atoms with Crippen LogP contribution in [0.15, 0.2) is 24.5 Å². The van der Waals surface area contributed by atoms with Crippen molar-refractivity contribution in [1.82, 2.24) is 19.2 Å². The van der Waals surface area contributed by atoms with Gasteiger partial charge in [-0.2, -0.15) is 5.10 Å². The van der Waals surface area contributed by atoms with Crippen LogP contribution in [0.1, 0.15) is 56.9 Å². The summed E-state index contributed by atoms with van der Waals surface area (Å²) in [7, 11) is -3.17. The second-order valence-corrected chi connectivity index (χ2v) is 12.0. The first-order valence-corrected chi connectivity index (χ1v) is 14.1. The summed E-state index contributed by atoms with van der Waals surface area (Å²) < 4.78 is 29.3. The Bertz CT molecular complexity index is 1160. The van der Waals surface area contributed by atoms with Gasteiger partial charge in [-0.1, -0.05) is 19.3 Å². The molecule has 1 aliphatic carbocycles. The first kappa shape index (κ1) is 23.3. The Morgan fingerprint density at radius 3 is 2.50 bits per heavy atom. The van der Waals surface area contributed by atoms with Gasteiger partial charge in [-0.25, -0.2) is 22.0 Å². The van der Waals surface area contributed by atoms with E-state index < -0.39 is 16.1 Å². The third-order valence-electron chi connectivity index (χ3n) is 7.57. The van der Waals surface area contributed by atoms with Gasteiger partial charge in [0, 0.05) is 32.3 Å². The Labute approximate surface area is 200 Å². The molecule has 1 N–H and O–H groups in total. The summed E-state index contributed by atoms with van der Waals surface area (Å²) in [5.74, 6) is 0.804. The van der Waals surface area contributed by atoms with Gasteiger partial charge in [-0.3, -0.25) is 15.0 Å². The number of sulfonamides is 1. The van der Waals surface area contributed by atoms with Crippen molar-refractivity contribution in [1.29, 1.82) is 0 Å². The minimum absolute atomic E-state index is 0.259. The van der Waals surface area contributed by atoms with Crippen molar-refractivity contribution in [2.45, 2.75) is 57.8 Å². The lowest BCUT2D eigenvalue weighted by Crippen LogP contribution is -2.49. The van der Waals surface area contributed by atoms with Gasteiger partial charge in [-0.15, -0.1) is 0 Å². The topological polar surface area (TPSA) is 104 Å². The van der Waals surface area contributed by atoms with Crippen molar-refractivity contribution < 1.29 is 18.0 Å². The van der Waals surface area contributed by atoms with Gasteiger partial charge in [0.05, 0.1) is 23.2 Å². The minimum atomic E-state index is -3.17. The number of imide groups is 1. The molecular formula is C24H33N5O4S. The number of hydrogen-bond donors (Lipinski definition) is 1. The number of carbonyl (C=O) groups is 2. The highest BCUT2D eigenvalue weighted by atomic mass is 32.2. The van der Waals surface area contributed by atoms with Crippen LogP contribution in [0, 0.1) is 11.8 Å². The Hall–Kier alpha value is -2.46. The molecule has 3 aliphatic rings. The normalized spacial score (nSPS) is 21.8. The van der Waals surface area contributed by atoms with Gasteiger partial charge in [0.15, 0.2) is 0 Å². The largest absolute Gasteiger partial charge is 0.328 e. The summed E-state index contributed by atoms with van der Waals surface area (Å²) in [5, 5.41) is 6.72. The van der Waals surface area contributed by atoms with E-state index in [-0.39, 0.29) is 12.3 Å². The van der Waals surface area contributed by atoms with E-state index in [1.807, 2.05) is 12.3 Å². The van der Waals surface area contributed by atoms with Crippen LogP contribution in [0.5, 0.6) is 0 Å². The average molecular weight is 488 g/mol. The lowest BCUT2D eigenvalue weighted by Gasteiger charge is -2.33. The van der Waals surface area contributed by atoms with Crippen molar-refractivity contribution in [3.05, 3.63) is 30.1 Å². The molecule has 1 saturated carbocycles. The number of nitrogens with one attached hydrogen (secondary N) is 1. The molecule has 2 aliphatic heterocycles. The predicted molar refractivity (Wildman–Crippen MR) is 129 cm³/mol. The SMILES string of the molecule is O=C1CCN(c2cnn3ccc(CC4CCN(S(=O)(=O)CC5CCCCC5)CC4)cc23)C(=O)N1. The molecule has 34 heavy (non-hydrogen) atoms. The summed E-state index contributed by atoms with van der Waals surface area (Å²) in [5.41, 5.74) is 2.66. The summed E-state index contributed by atoms with van der Waals surface area (Å²) in [4.78, 5) is 25.3. The summed E-state index contributed by atoms with van der Waals surface area (Å²) in [6.45, 7) is 1.54. The van der Waals surface area contributed by atoms with Crippen LogP contribution < -0.4 is 10.2 Å². The molecule has 0 bridgehead atoms. The highest BCUT2D eigenvalue weighted by molar-refractivity contribution is 7.89. The van der Waals surface area contributed by atoms with E-state index in [0.29, 0.717) is 42.9 Å². The predicted octanol–water partition coefficient (Wildman–Crippen LogP) is 2.95. The lowest BCUT2D eigenvalue weighted by molar-refractivity contribution is -0.120. The zero-order chi connectivity index (χ0) is 23.7. The van der Waals surface area contributed by atoms with Gasteiger partial charge in [-0.05, 0) is 61.6 Å². The number of urea groups is 1. The number of aromatic nitrogens is 2. The summed E-state index contributed by atoms with van der Waals surface area (Å²) >= 11 is 0. The molecule has 2 saturated heterocycles. The number of pyridine rings is 1. The Balaban J connectivity index is 1.21. The molecule has 3 amide bonds. The number of fused-ring (bicyclic) bond motifs is 1. The van der Waals surface area contributed by atoms with Crippen LogP contribution in [0.4, 0.5) is 10.5 Å². The standard InChI is InChI=1S/C24H33N5O4S/c30-23-9-12-28(24(31)26-23)22-16-25-29-13-8-20(15-21(22)29)14-18-6-10-27(11-7-18)34(32,33)17-19-4-2-1-3-5-19/h8,13,15-16,18-19H,1-7,9-12,14,17H2,(H,26,30,31). The molecule has 0 atom stereocenters. The number of nitrogens with zero attached hydrogens (tertiary/aromatic N) is 4. The number of piperidine rings is 1. The highest BCUT2D eigenvalue weighted by Crippen LogP contribution is 2.30. The zero-order valence-corrected chi connectivity index (χ0v) is 20.3. The van der Waals surface area contributed by atoms with Crippen molar-refractivity contribution >= 4 is 33.2 Å². The fourth-order valence-electron chi connectivity index (χ4n) is 5.62. The van der Waals surface area contributed by atoms with Crippen LogP contribution >= 0.6 is 0 Å².